The molecule has 2 aromatic heterocycles. The maximum atomic E-state index is 5.68. The van der Waals surface area contributed by atoms with E-state index >= 15 is 0 Å². The van der Waals surface area contributed by atoms with Crippen molar-refractivity contribution in [1.29, 1.82) is 0 Å². The smallest absolute Gasteiger partial charge is 0.214 e. The van der Waals surface area contributed by atoms with Gasteiger partial charge in [-0.25, -0.2) is 9.50 Å². The molecule has 2 heterocycles. The van der Waals surface area contributed by atoms with Crippen LogP contribution in [-0.4, -0.2) is 14.6 Å². The summed E-state index contributed by atoms with van der Waals surface area (Å²) in [7, 11) is 0. The maximum absolute atomic E-state index is 5.68. The van der Waals surface area contributed by atoms with Gasteiger partial charge in [0.1, 0.15) is 0 Å². The first kappa shape index (κ1) is 12.2. The standard InChI is InChI=1S/C14H16N4S/c1-7-5-8(2)10(4)12(9(7)3)11-6-18-14(16-11)19-13(15)17-18/h5-6H,1-4H3,(H2,15,17). The SMILES string of the molecule is Cc1cc(C)c(C)c(-c2cn3nc(N)sc3n2)c1C. The molecule has 3 aromatic rings. The molecule has 3 rings (SSSR count). The van der Waals surface area contributed by atoms with Crippen LogP contribution in [0.2, 0.25) is 0 Å². The van der Waals surface area contributed by atoms with Crippen molar-refractivity contribution in [3.05, 3.63) is 34.5 Å². The summed E-state index contributed by atoms with van der Waals surface area (Å²) in [6, 6.07) is 2.23. The van der Waals surface area contributed by atoms with Crippen LogP contribution in [0.25, 0.3) is 16.2 Å². The number of imidazole rings is 1. The maximum Gasteiger partial charge on any atom is 0.214 e. The van der Waals surface area contributed by atoms with Gasteiger partial charge in [0, 0.05) is 5.56 Å². The lowest BCUT2D eigenvalue weighted by molar-refractivity contribution is 0.981. The Balaban J connectivity index is 2.28. The third-order valence-electron chi connectivity index (χ3n) is 3.68. The van der Waals surface area contributed by atoms with E-state index in [4.69, 9.17) is 5.73 Å². The summed E-state index contributed by atoms with van der Waals surface area (Å²) in [6.07, 6.45) is 1.95. The molecule has 98 valence electrons. The third kappa shape index (κ3) is 1.81. The zero-order valence-electron chi connectivity index (χ0n) is 11.5. The lowest BCUT2D eigenvalue weighted by atomic mass is 9.93. The van der Waals surface area contributed by atoms with E-state index in [0.29, 0.717) is 5.13 Å². The summed E-state index contributed by atoms with van der Waals surface area (Å²) in [6.45, 7) is 8.57. The Morgan fingerprint density at radius 1 is 1.11 bits per heavy atom. The van der Waals surface area contributed by atoms with Gasteiger partial charge in [-0.2, -0.15) is 0 Å². The number of hydrogen-bond acceptors (Lipinski definition) is 4. The van der Waals surface area contributed by atoms with Crippen molar-refractivity contribution in [3.63, 3.8) is 0 Å². The average molecular weight is 272 g/mol. The van der Waals surface area contributed by atoms with E-state index in [1.54, 1.807) is 4.52 Å². The third-order valence-corrected chi connectivity index (χ3v) is 4.43. The summed E-state index contributed by atoms with van der Waals surface area (Å²) < 4.78 is 1.76. The highest BCUT2D eigenvalue weighted by atomic mass is 32.1. The molecule has 0 saturated carbocycles. The van der Waals surface area contributed by atoms with Gasteiger partial charge >= 0.3 is 0 Å². The Bertz CT molecular complexity index is 725. The Kier molecular flexibility index (Phi) is 2.60. The van der Waals surface area contributed by atoms with Gasteiger partial charge in [-0.3, -0.25) is 0 Å². The molecule has 0 unspecified atom stereocenters. The molecule has 1 aromatic carbocycles. The molecule has 0 aliphatic carbocycles. The zero-order valence-corrected chi connectivity index (χ0v) is 12.3. The number of aryl methyl sites for hydroxylation is 2. The molecular formula is C14H16N4S. The van der Waals surface area contributed by atoms with E-state index in [0.717, 1.165) is 10.7 Å². The highest BCUT2D eigenvalue weighted by molar-refractivity contribution is 7.20. The molecule has 0 fully saturated rings. The minimum atomic E-state index is 0.544. The fraction of sp³-hybridized carbons (Fsp3) is 0.286. The first-order chi connectivity index (χ1) is 8.97. The summed E-state index contributed by atoms with van der Waals surface area (Å²) in [5, 5.41) is 4.76. The molecule has 0 amide bonds. The largest absolute Gasteiger partial charge is 0.374 e. The van der Waals surface area contributed by atoms with Crippen LogP contribution in [0.3, 0.4) is 0 Å². The topological polar surface area (TPSA) is 56.2 Å². The Hall–Kier alpha value is -1.88. The van der Waals surface area contributed by atoms with E-state index in [1.165, 1.54) is 39.2 Å². The minimum absolute atomic E-state index is 0.544. The second-order valence-corrected chi connectivity index (χ2v) is 5.92. The van der Waals surface area contributed by atoms with E-state index < -0.39 is 0 Å². The fourth-order valence-corrected chi connectivity index (χ4v) is 3.08. The van der Waals surface area contributed by atoms with Crippen molar-refractivity contribution in [2.45, 2.75) is 27.7 Å². The summed E-state index contributed by atoms with van der Waals surface area (Å²) in [5.41, 5.74) is 13.0. The molecule has 5 heteroatoms. The zero-order chi connectivity index (χ0) is 13.7. The first-order valence-electron chi connectivity index (χ1n) is 6.17. The van der Waals surface area contributed by atoms with Gasteiger partial charge in [0.25, 0.3) is 0 Å². The molecule has 2 N–H and O–H groups in total. The highest BCUT2D eigenvalue weighted by Crippen LogP contribution is 2.32. The molecule has 0 saturated heterocycles. The van der Waals surface area contributed by atoms with Crippen LogP contribution in [-0.2, 0) is 0 Å². The monoisotopic (exact) mass is 272 g/mol. The highest BCUT2D eigenvalue weighted by Gasteiger charge is 2.15. The van der Waals surface area contributed by atoms with Gasteiger partial charge in [-0.15, -0.1) is 5.10 Å². The van der Waals surface area contributed by atoms with Crippen molar-refractivity contribution in [2.75, 3.05) is 5.73 Å². The number of nitrogen functional groups attached to an aromatic ring is 1. The van der Waals surface area contributed by atoms with Gasteiger partial charge in [0.15, 0.2) is 0 Å². The number of nitrogens with zero attached hydrogens (tertiary/aromatic N) is 3. The van der Waals surface area contributed by atoms with Gasteiger partial charge in [0.2, 0.25) is 10.1 Å². The van der Waals surface area contributed by atoms with Gasteiger partial charge in [-0.1, -0.05) is 17.4 Å². The van der Waals surface area contributed by atoms with Gasteiger partial charge < -0.3 is 5.73 Å². The minimum Gasteiger partial charge on any atom is -0.374 e. The molecule has 0 spiro atoms. The van der Waals surface area contributed by atoms with Crippen molar-refractivity contribution in [1.82, 2.24) is 14.6 Å². The predicted molar refractivity (Wildman–Crippen MR) is 79.7 cm³/mol. The Labute approximate surface area is 115 Å². The number of rotatable bonds is 1. The normalized spacial score (nSPS) is 11.4. The van der Waals surface area contributed by atoms with Crippen LogP contribution in [0.1, 0.15) is 22.3 Å². The predicted octanol–water partition coefficient (Wildman–Crippen LogP) is 3.27. The van der Waals surface area contributed by atoms with Crippen LogP contribution in [0, 0.1) is 27.7 Å². The van der Waals surface area contributed by atoms with Gasteiger partial charge in [-0.05, 0) is 49.9 Å². The van der Waals surface area contributed by atoms with Crippen molar-refractivity contribution in [3.8, 4) is 11.3 Å². The van der Waals surface area contributed by atoms with Crippen molar-refractivity contribution < 1.29 is 0 Å². The quantitative estimate of drug-likeness (QED) is 0.739. The van der Waals surface area contributed by atoms with Gasteiger partial charge in [0.05, 0.1) is 11.9 Å². The summed E-state index contributed by atoms with van der Waals surface area (Å²) in [5.74, 6) is 0. The molecule has 19 heavy (non-hydrogen) atoms. The number of aromatic nitrogens is 3. The molecule has 0 atom stereocenters. The summed E-state index contributed by atoms with van der Waals surface area (Å²) in [4.78, 5) is 5.49. The number of benzene rings is 1. The molecule has 0 bridgehead atoms. The van der Waals surface area contributed by atoms with Crippen LogP contribution < -0.4 is 5.73 Å². The lowest BCUT2D eigenvalue weighted by Crippen LogP contribution is -1.95. The van der Waals surface area contributed by atoms with Crippen molar-refractivity contribution in [2.24, 2.45) is 0 Å². The second-order valence-electron chi connectivity index (χ2n) is 4.93. The van der Waals surface area contributed by atoms with Crippen molar-refractivity contribution >= 4 is 21.4 Å². The van der Waals surface area contributed by atoms with E-state index in [-0.39, 0.29) is 0 Å². The van der Waals surface area contributed by atoms with E-state index in [2.05, 4.69) is 43.8 Å². The summed E-state index contributed by atoms with van der Waals surface area (Å²) >= 11 is 1.41. The molecular weight excluding hydrogens is 256 g/mol. The van der Waals surface area contributed by atoms with Crippen LogP contribution >= 0.6 is 11.3 Å². The average Bonchev–Trinajstić information content (AvgIpc) is 2.84. The first-order valence-corrected chi connectivity index (χ1v) is 6.98. The molecule has 0 aliphatic rings. The Morgan fingerprint density at radius 3 is 2.32 bits per heavy atom. The fourth-order valence-electron chi connectivity index (χ4n) is 2.44. The van der Waals surface area contributed by atoms with E-state index in [1.807, 2.05) is 6.20 Å². The van der Waals surface area contributed by atoms with Crippen LogP contribution in [0.5, 0.6) is 0 Å². The van der Waals surface area contributed by atoms with Crippen LogP contribution in [0.4, 0.5) is 5.13 Å². The van der Waals surface area contributed by atoms with E-state index in [9.17, 15) is 0 Å². The second kappa shape index (κ2) is 4.06. The number of nitrogens with two attached hydrogens (primary N) is 1. The number of anilines is 1. The molecule has 0 aliphatic heterocycles. The molecule has 0 radical (unpaired) electrons. The lowest BCUT2D eigenvalue weighted by Gasteiger charge is -2.13. The molecule has 4 nitrogen and oxygen atoms in total. The number of hydrogen-bond donors (Lipinski definition) is 1. The van der Waals surface area contributed by atoms with Crippen LogP contribution in [0.15, 0.2) is 12.3 Å². The number of fused-ring (bicyclic) bond motifs is 1. The Morgan fingerprint density at radius 2 is 1.74 bits per heavy atom.